The Labute approximate surface area is 218 Å². The van der Waals surface area contributed by atoms with Crippen LogP contribution in [0.2, 0.25) is 0 Å². The Morgan fingerprint density at radius 2 is 1.92 bits per heavy atom. The largest absolute Gasteiger partial charge is 0.508 e. The van der Waals surface area contributed by atoms with Crippen molar-refractivity contribution in [3.8, 4) is 5.75 Å². The minimum atomic E-state index is -2.70. The summed E-state index contributed by atoms with van der Waals surface area (Å²) in [6.07, 6.45) is 1.70. The first kappa shape index (κ1) is 26.9. The Morgan fingerprint density at radius 3 is 2.53 bits per heavy atom. The van der Waals surface area contributed by atoms with Crippen molar-refractivity contribution in [1.29, 1.82) is 0 Å². The number of Topliss-reactive ketones (excluding diaryl/α,β-unsaturated/α-hetero) is 2. The molecule has 202 valence electrons. The molecule has 0 bridgehead atoms. The molecule has 1 aromatic carbocycles. The van der Waals surface area contributed by atoms with Crippen LogP contribution in [0.5, 0.6) is 5.75 Å². The summed E-state index contributed by atoms with van der Waals surface area (Å²) in [5.74, 6) is -7.48. The van der Waals surface area contributed by atoms with Crippen LogP contribution < -0.4 is 16.4 Å². The fourth-order valence-electron chi connectivity index (χ4n) is 5.79. The van der Waals surface area contributed by atoms with E-state index >= 15 is 0 Å². The van der Waals surface area contributed by atoms with Crippen LogP contribution in [0.25, 0.3) is 5.76 Å². The van der Waals surface area contributed by atoms with Gasteiger partial charge in [-0.3, -0.25) is 24.1 Å². The third-order valence-corrected chi connectivity index (χ3v) is 7.48. The highest BCUT2D eigenvalue weighted by atomic mass is 16.3. The number of benzene rings is 1. The van der Waals surface area contributed by atoms with Crippen molar-refractivity contribution < 1.29 is 39.6 Å². The van der Waals surface area contributed by atoms with E-state index in [9.17, 15) is 39.6 Å². The number of anilines is 1. The van der Waals surface area contributed by atoms with E-state index < -0.39 is 63.8 Å². The number of hydrogen-bond donors (Lipinski definition) is 7. The number of primary amides is 1. The number of ketones is 2. The SMILES string of the molecule is C=CCNC(=O)CNc1ccc2c(c1O)C(O)=C1C(=O)[C@@]3(O)C(O)=C(C(N)=O)C(=O)[C@@H](N(C)C)[C@H]3C[C@H]1C2. The smallest absolute Gasteiger partial charge is 0.255 e. The highest BCUT2D eigenvalue weighted by molar-refractivity contribution is 6.24. The van der Waals surface area contributed by atoms with Gasteiger partial charge in [-0.1, -0.05) is 12.1 Å². The molecule has 12 nitrogen and oxygen atoms in total. The third-order valence-electron chi connectivity index (χ3n) is 7.48. The van der Waals surface area contributed by atoms with E-state index in [1.807, 2.05) is 0 Å². The number of amides is 2. The summed E-state index contributed by atoms with van der Waals surface area (Å²) in [5, 5.41) is 50.0. The lowest BCUT2D eigenvalue weighted by Gasteiger charge is -2.50. The number of aliphatic hydroxyl groups is 3. The lowest BCUT2D eigenvalue weighted by atomic mass is 9.57. The number of fused-ring (bicyclic) bond motifs is 3. The molecular formula is C26H30N4O8. The maximum absolute atomic E-state index is 13.8. The third kappa shape index (κ3) is 3.92. The van der Waals surface area contributed by atoms with Crippen LogP contribution in [0, 0.1) is 11.8 Å². The molecule has 3 aliphatic carbocycles. The molecule has 0 radical (unpaired) electrons. The fourth-order valence-corrected chi connectivity index (χ4v) is 5.79. The molecule has 0 unspecified atom stereocenters. The number of nitrogens with one attached hydrogen (secondary N) is 2. The van der Waals surface area contributed by atoms with Gasteiger partial charge in [-0.2, -0.15) is 0 Å². The first-order valence-corrected chi connectivity index (χ1v) is 12.0. The summed E-state index contributed by atoms with van der Waals surface area (Å²) in [6, 6.07) is 2.03. The number of phenolic OH excluding ortho intramolecular Hbond substituents is 1. The standard InChI is InChI=1S/C26H30N4O8/c1-4-7-28-15(31)10-29-14-6-5-11-8-12-9-13-19(30(2)3)22(34)18(25(27)37)24(36)26(13,38)23(35)17(12)21(33)16(11)20(14)32/h4-6,12-13,19,29,32-33,36,38H,1,7-10H2,2-3H3,(H2,27,37)(H,28,31)/t12-,13-,19+,26-/m1/s1. The van der Waals surface area contributed by atoms with Crippen LogP contribution in [0.3, 0.4) is 0 Å². The summed E-state index contributed by atoms with van der Waals surface area (Å²) < 4.78 is 0. The van der Waals surface area contributed by atoms with Crippen molar-refractivity contribution in [1.82, 2.24) is 10.2 Å². The van der Waals surface area contributed by atoms with Gasteiger partial charge in [0.2, 0.25) is 11.7 Å². The predicted molar refractivity (Wildman–Crippen MR) is 136 cm³/mol. The quantitative estimate of drug-likeness (QED) is 0.140. The number of carbonyl (C=O) groups excluding carboxylic acids is 4. The van der Waals surface area contributed by atoms with Gasteiger partial charge in [-0.05, 0) is 44.5 Å². The second-order valence-corrected chi connectivity index (χ2v) is 9.90. The van der Waals surface area contributed by atoms with Gasteiger partial charge in [0.05, 0.1) is 23.8 Å². The van der Waals surface area contributed by atoms with E-state index in [1.165, 1.54) is 31.1 Å². The molecule has 1 saturated carbocycles. The summed E-state index contributed by atoms with van der Waals surface area (Å²) in [6.45, 7) is 3.59. The van der Waals surface area contributed by atoms with Gasteiger partial charge in [0.25, 0.3) is 5.91 Å². The number of carbonyl (C=O) groups is 4. The van der Waals surface area contributed by atoms with Crippen LogP contribution in [0.1, 0.15) is 17.5 Å². The normalized spacial score (nSPS) is 26.5. The van der Waals surface area contributed by atoms with Gasteiger partial charge in [-0.15, -0.1) is 6.58 Å². The molecule has 0 aliphatic heterocycles. The summed E-state index contributed by atoms with van der Waals surface area (Å²) >= 11 is 0. The molecule has 0 heterocycles. The van der Waals surface area contributed by atoms with Crippen LogP contribution >= 0.6 is 0 Å². The van der Waals surface area contributed by atoms with E-state index in [0.29, 0.717) is 5.56 Å². The van der Waals surface area contributed by atoms with E-state index in [-0.39, 0.29) is 48.7 Å². The van der Waals surface area contributed by atoms with E-state index in [4.69, 9.17) is 5.73 Å². The molecular weight excluding hydrogens is 496 g/mol. The van der Waals surface area contributed by atoms with Crippen molar-refractivity contribution in [2.24, 2.45) is 17.6 Å². The highest BCUT2D eigenvalue weighted by Crippen LogP contribution is 2.53. The van der Waals surface area contributed by atoms with Gasteiger partial charge in [0.15, 0.2) is 11.4 Å². The number of rotatable bonds is 7. The summed E-state index contributed by atoms with van der Waals surface area (Å²) in [4.78, 5) is 52.3. The van der Waals surface area contributed by atoms with E-state index in [1.54, 1.807) is 6.07 Å². The predicted octanol–water partition coefficient (Wildman–Crippen LogP) is -0.322. The average Bonchev–Trinajstić information content (AvgIpc) is 2.84. The van der Waals surface area contributed by atoms with Crippen molar-refractivity contribution in [2.75, 3.05) is 32.5 Å². The Bertz CT molecular complexity index is 1330. The molecule has 3 aliphatic rings. The van der Waals surface area contributed by atoms with Gasteiger partial charge < -0.3 is 36.8 Å². The topological polar surface area (TPSA) is 203 Å². The number of nitrogens with zero attached hydrogens (tertiary/aromatic N) is 1. The van der Waals surface area contributed by atoms with Crippen molar-refractivity contribution in [3.63, 3.8) is 0 Å². The number of nitrogens with two attached hydrogens (primary N) is 1. The van der Waals surface area contributed by atoms with E-state index in [2.05, 4.69) is 17.2 Å². The Morgan fingerprint density at radius 1 is 1.24 bits per heavy atom. The second-order valence-electron chi connectivity index (χ2n) is 9.90. The maximum Gasteiger partial charge on any atom is 0.255 e. The van der Waals surface area contributed by atoms with Crippen LogP contribution in [0.15, 0.2) is 41.7 Å². The van der Waals surface area contributed by atoms with Gasteiger partial charge >= 0.3 is 0 Å². The Balaban J connectivity index is 1.80. The lowest BCUT2D eigenvalue weighted by molar-refractivity contribution is -0.153. The monoisotopic (exact) mass is 526 g/mol. The molecule has 1 aromatic rings. The molecule has 0 saturated heterocycles. The zero-order valence-corrected chi connectivity index (χ0v) is 20.9. The number of hydrogen-bond acceptors (Lipinski definition) is 10. The minimum Gasteiger partial charge on any atom is -0.508 e. The number of phenols is 1. The van der Waals surface area contributed by atoms with Crippen molar-refractivity contribution >= 4 is 34.8 Å². The number of likely N-dealkylation sites (N-methyl/N-ethyl adjacent to an activating group) is 1. The Hall–Kier alpha value is -4.16. The summed E-state index contributed by atoms with van der Waals surface area (Å²) in [7, 11) is 3.08. The molecule has 0 spiro atoms. The van der Waals surface area contributed by atoms with E-state index in [0.717, 1.165) is 0 Å². The van der Waals surface area contributed by atoms with Gasteiger partial charge in [0.1, 0.15) is 22.8 Å². The number of aliphatic hydroxyl groups excluding tert-OH is 2. The molecule has 8 N–H and O–H groups in total. The lowest BCUT2D eigenvalue weighted by Crippen LogP contribution is -2.65. The Kier molecular flexibility index (Phi) is 6.80. The average molecular weight is 527 g/mol. The van der Waals surface area contributed by atoms with Crippen LogP contribution in [-0.2, 0) is 25.6 Å². The fraction of sp³-hybridized carbons (Fsp3) is 0.385. The van der Waals surface area contributed by atoms with Crippen LogP contribution in [0.4, 0.5) is 5.69 Å². The molecule has 12 heteroatoms. The number of aromatic hydroxyl groups is 1. The summed E-state index contributed by atoms with van der Waals surface area (Å²) in [5.41, 5.74) is 2.09. The van der Waals surface area contributed by atoms with Crippen LogP contribution in [-0.4, -0.2) is 87.5 Å². The maximum atomic E-state index is 13.8. The van der Waals surface area contributed by atoms with Gasteiger partial charge in [0, 0.05) is 18.0 Å². The van der Waals surface area contributed by atoms with Crippen molar-refractivity contribution in [3.05, 3.63) is 52.8 Å². The highest BCUT2D eigenvalue weighted by Gasteiger charge is 2.64. The van der Waals surface area contributed by atoms with Crippen molar-refractivity contribution in [2.45, 2.75) is 24.5 Å². The molecule has 1 fully saturated rings. The molecule has 0 aromatic heterocycles. The minimum absolute atomic E-state index is 0.00992. The molecule has 2 amide bonds. The van der Waals surface area contributed by atoms with Gasteiger partial charge in [-0.25, -0.2) is 0 Å². The first-order chi connectivity index (χ1) is 17.9. The first-order valence-electron chi connectivity index (χ1n) is 12.0. The second kappa shape index (κ2) is 9.62. The molecule has 4 atom stereocenters. The zero-order valence-electron chi connectivity index (χ0n) is 20.9. The zero-order chi connectivity index (χ0) is 28.1. The molecule has 38 heavy (non-hydrogen) atoms. The molecule has 4 rings (SSSR count).